The summed E-state index contributed by atoms with van der Waals surface area (Å²) >= 11 is 6.15. The first-order chi connectivity index (χ1) is 10.1. The van der Waals surface area contributed by atoms with Crippen LogP contribution in [0.4, 0.5) is 10.3 Å². The summed E-state index contributed by atoms with van der Waals surface area (Å²) in [7, 11) is 0. The first-order valence-electron chi connectivity index (χ1n) is 7.28. The van der Waals surface area contributed by atoms with E-state index in [2.05, 4.69) is 19.0 Å². The fourth-order valence-electron chi connectivity index (χ4n) is 2.54. The highest BCUT2D eigenvalue weighted by molar-refractivity contribution is 6.33. The molecule has 2 N–H and O–H groups in total. The second-order valence-electron chi connectivity index (χ2n) is 5.18. The molecule has 1 aromatic carbocycles. The normalized spacial score (nSPS) is 12.6. The van der Waals surface area contributed by atoms with Crippen LogP contribution in [0, 0.1) is 5.82 Å². The van der Waals surface area contributed by atoms with Crippen molar-refractivity contribution in [1.82, 2.24) is 5.16 Å². The number of halogens is 2. The summed E-state index contributed by atoms with van der Waals surface area (Å²) in [6.07, 6.45) is 4.20. The number of rotatable bonds is 6. The number of nitrogens with zero attached hydrogens (tertiary/aromatic N) is 1. The average molecular weight is 311 g/mol. The summed E-state index contributed by atoms with van der Waals surface area (Å²) in [5.74, 6) is 0.119. The van der Waals surface area contributed by atoms with Crippen molar-refractivity contribution >= 4 is 17.5 Å². The summed E-state index contributed by atoms with van der Waals surface area (Å²) in [6, 6.07) is 4.27. The zero-order chi connectivity index (χ0) is 15.4. The lowest BCUT2D eigenvalue weighted by Gasteiger charge is -2.14. The molecule has 21 heavy (non-hydrogen) atoms. The Balaban J connectivity index is 2.46. The summed E-state index contributed by atoms with van der Waals surface area (Å²) in [4.78, 5) is 0. The van der Waals surface area contributed by atoms with E-state index in [0.717, 1.165) is 31.4 Å². The average Bonchev–Trinajstić information content (AvgIpc) is 2.82. The lowest BCUT2D eigenvalue weighted by atomic mass is 9.91. The van der Waals surface area contributed by atoms with Crippen LogP contribution in [0.2, 0.25) is 5.02 Å². The Labute approximate surface area is 129 Å². The van der Waals surface area contributed by atoms with Crippen LogP contribution < -0.4 is 5.73 Å². The van der Waals surface area contributed by atoms with Gasteiger partial charge in [0.25, 0.3) is 0 Å². The molecule has 0 amide bonds. The van der Waals surface area contributed by atoms with E-state index in [-0.39, 0.29) is 17.6 Å². The highest BCUT2D eigenvalue weighted by atomic mass is 35.5. The van der Waals surface area contributed by atoms with Gasteiger partial charge in [-0.05, 0) is 31.0 Å². The highest BCUT2D eigenvalue weighted by Crippen LogP contribution is 2.40. The minimum atomic E-state index is -0.377. The van der Waals surface area contributed by atoms with Crippen LogP contribution in [0.25, 0.3) is 11.1 Å². The largest absolute Gasteiger partial charge is 0.367 e. The maximum atomic E-state index is 13.2. The van der Waals surface area contributed by atoms with Crippen molar-refractivity contribution in [3.05, 3.63) is 34.7 Å². The van der Waals surface area contributed by atoms with Gasteiger partial charge in [-0.15, -0.1) is 0 Å². The van der Waals surface area contributed by atoms with Gasteiger partial charge in [0, 0.05) is 11.5 Å². The monoisotopic (exact) mass is 310 g/mol. The van der Waals surface area contributed by atoms with Gasteiger partial charge in [-0.1, -0.05) is 43.4 Å². The molecule has 0 saturated heterocycles. The van der Waals surface area contributed by atoms with E-state index >= 15 is 0 Å². The van der Waals surface area contributed by atoms with Crippen LogP contribution in [-0.4, -0.2) is 5.16 Å². The van der Waals surface area contributed by atoms with Crippen molar-refractivity contribution in [3.8, 4) is 11.1 Å². The number of nitrogens with two attached hydrogens (primary N) is 1. The van der Waals surface area contributed by atoms with Crippen LogP contribution in [0.3, 0.4) is 0 Å². The van der Waals surface area contributed by atoms with Crippen LogP contribution in [-0.2, 0) is 0 Å². The molecule has 0 saturated carbocycles. The molecule has 0 aliphatic rings. The fourth-order valence-corrected chi connectivity index (χ4v) is 2.80. The summed E-state index contributed by atoms with van der Waals surface area (Å²) in [6.45, 7) is 4.27. The zero-order valence-electron chi connectivity index (χ0n) is 12.3. The smallest absolute Gasteiger partial charge is 0.230 e. The number of benzene rings is 1. The molecule has 2 rings (SSSR count). The molecule has 5 heteroatoms. The summed E-state index contributed by atoms with van der Waals surface area (Å²) in [5.41, 5.74) is 8.10. The predicted octanol–water partition coefficient (Wildman–Crippen LogP) is 5.40. The molecular weight excluding hydrogens is 291 g/mol. The lowest BCUT2D eigenvalue weighted by Crippen LogP contribution is -2.01. The Hall–Kier alpha value is -1.55. The van der Waals surface area contributed by atoms with Gasteiger partial charge < -0.3 is 10.3 Å². The Morgan fingerprint density at radius 1 is 1.38 bits per heavy atom. The van der Waals surface area contributed by atoms with Gasteiger partial charge in [-0.3, -0.25) is 0 Å². The third kappa shape index (κ3) is 3.38. The second kappa shape index (κ2) is 6.94. The first kappa shape index (κ1) is 15.8. The van der Waals surface area contributed by atoms with E-state index in [1.54, 1.807) is 6.07 Å². The Morgan fingerprint density at radius 3 is 2.76 bits per heavy atom. The van der Waals surface area contributed by atoms with E-state index in [1.807, 2.05) is 0 Å². The third-order valence-corrected chi connectivity index (χ3v) is 4.04. The van der Waals surface area contributed by atoms with Gasteiger partial charge in [0.2, 0.25) is 5.88 Å². The molecule has 3 nitrogen and oxygen atoms in total. The van der Waals surface area contributed by atoms with Crippen molar-refractivity contribution in [3.63, 3.8) is 0 Å². The van der Waals surface area contributed by atoms with E-state index in [9.17, 15) is 4.39 Å². The van der Waals surface area contributed by atoms with Gasteiger partial charge >= 0.3 is 0 Å². The molecule has 0 bridgehead atoms. The van der Waals surface area contributed by atoms with Crippen molar-refractivity contribution in [2.24, 2.45) is 0 Å². The van der Waals surface area contributed by atoms with Crippen molar-refractivity contribution < 1.29 is 8.91 Å². The molecule has 1 atom stereocenters. The molecule has 0 aliphatic carbocycles. The molecular formula is C16H20ClFN2O. The number of anilines is 1. The molecule has 0 fully saturated rings. The van der Waals surface area contributed by atoms with Crippen molar-refractivity contribution in [1.29, 1.82) is 0 Å². The number of hydrogen-bond donors (Lipinski definition) is 1. The highest BCUT2D eigenvalue weighted by Gasteiger charge is 2.24. The van der Waals surface area contributed by atoms with Gasteiger partial charge in [0.15, 0.2) is 0 Å². The Morgan fingerprint density at radius 2 is 2.14 bits per heavy atom. The van der Waals surface area contributed by atoms with E-state index < -0.39 is 0 Å². The fraction of sp³-hybridized carbons (Fsp3) is 0.438. The first-order valence-corrected chi connectivity index (χ1v) is 7.66. The number of unbranched alkanes of at least 4 members (excludes halogenated alkanes) is 1. The molecule has 1 heterocycles. The minimum Gasteiger partial charge on any atom is -0.367 e. The minimum absolute atomic E-state index is 0.230. The van der Waals surface area contributed by atoms with Crippen molar-refractivity contribution in [2.45, 2.75) is 45.4 Å². The van der Waals surface area contributed by atoms with Crippen LogP contribution >= 0.6 is 11.6 Å². The molecule has 1 aromatic heterocycles. The molecule has 0 radical (unpaired) electrons. The molecule has 114 valence electrons. The lowest BCUT2D eigenvalue weighted by molar-refractivity contribution is 0.412. The zero-order valence-corrected chi connectivity index (χ0v) is 13.1. The summed E-state index contributed by atoms with van der Waals surface area (Å²) in [5, 5.41) is 4.44. The molecule has 2 aromatic rings. The quantitative estimate of drug-likeness (QED) is 0.777. The topological polar surface area (TPSA) is 52.0 Å². The molecule has 1 unspecified atom stereocenters. The van der Waals surface area contributed by atoms with Crippen LogP contribution in [0.15, 0.2) is 22.7 Å². The van der Waals surface area contributed by atoms with Gasteiger partial charge in [0.1, 0.15) is 5.82 Å². The SMILES string of the molecule is CCCCC(CC)c1noc(N)c1-c1ccc(F)cc1Cl. The Bertz CT molecular complexity index is 612. The predicted molar refractivity (Wildman–Crippen MR) is 83.9 cm³/mol. The van der Waals surface area contributed by atoms with Gasteiger partial charge in [0.05, 0.1) is 16.3 Å². The maximum absolute atomic E-state index is 13.2. The van der Waals surface area contributed by atoms with E-state index in [1.165, 1.54) is 12.1 Å². The van der Waals surface area contributed by atoms with Crippen LogP contribution in [0.5, 0.6) is 0 Å². The van der Waals surface area contributed by atoms with Crippen molar-refractivity contribution in [2.75, 3.05) is 5.73 Å². The number of aromatic nitrogens is 1. The van der Waals surface area contributed by atoms with E-state index in [0.29, 0.717) is 16.1 Å². The van der Waals surface area contributed by atoms with E-state index in [4.69, 9.17) is 21.9 Å². The summed E-state index contributed by atoms with van der Waals surface area (Å²) < 4.78 is 18.4. The maximum Gasteiger partial charge on any atom is 0.230 e. The third-order valence-electron chi connectivity index (χ3n) is 3.73. The van der Waals surface area contributed by atoms with Crippen LogP contribution in [0.1, 0.15) is 51.1 Å². The Kier molecular flexibility index (Phi) is 5.23. The standard InChI is InChI=1S/C16H20ClFN2O/c1-3-5-6-10(4-2)15-14(16(19)21-20-15)12-8-7-11(18)9-13(12)17/h7-10H,3-6,19H2,1-2H3. The second-order valence-corrected chi connectivity index (χ2v) is 5.59. The number of hydrogen-bond acceptors (Lipinski definition) is 3. The molecule has 0 aliphatic heterocycles. The van der Waals surface area contributed by atoms with Gasteiger partial charge in [-0.25, -0.2) is 4.39 Å². The molecule has 0 spiro atoms. The van der Waals surface area contributed by atoms with Gasteiger partial charge in [-0.2, -0.15) is 0 Å². The number of nitrogen functional groups attached to an aromatic ring is 1.